The molecule has 0 fully saturated rings. The van der Waals surface area contributed by atoms with Gasteiger partial charge in [-0.1, -0.05) is 23.2 Å². The lowest BCUT2D eigenvalue weighted by molar-refractivity contribution is -0.118. The average molecular weight is 261 g/mol. The van der Waals surface area contributed by atoms with Gasteiger partial charge in [0, 0.05) is 25.2 Å². The second kappa shape index (κ2) is 5.53. The van der Waals surface area contributed by atoms with Gasteiger partial charge in [0.1, 0.15) is 0 Å². The largest absolute Gasteiger partial charge is 0.327 e. The molecule has 0 spiro atoms. The van der Waals surface area contributed by atoms with Crippen molar-refractivity contribution in [2.75, 3.05) is 11.9 Å². The van der Waals surface area contributed by atoms with Gasteiger partial charge in [-0.25, -0.2) is 0 Å². The Kier molecular flexibility index (Phi) is 4.59. The number of rotatable bonds is 3. The summed E-state index contributed by atoms with van der Waals surface area (Å²) in [6.45, 7) is 1.79. The Labute approximate surface area is 105 Å². The molecule has 1 aromatic rings. The minimum Gasteiger partial charge on any atom is -0.327 e. The summed E-state index contributed by atoms with van der Waals surface area (Å²) < 4.78 is 0. The van der Waals surface area contributed by atoms with E-state index < -0.39 is 0 Å². The summed E-state index contributed by atoms with van der Waals surface area (Å²) in [5, 5.41) is 0.901. The maximum atomic E-state index is 11.7. The van der Waals surface area contributed by atoms with E-state index in [0.29, 0.717) is 22.2 Å². The molecule has 0 aliphatic heterocycles. The molecule has 0 saturated heterocycles. The molecule has 3 nitrogen and oxygen atoms in total. The van der Waals surface area contributed by atoms with Crippen molar-refractivity contribution in [3.05, 3.63) is 28.2 Å². The zero-order chi connectivity index (χ0) is 12.3. The third-order valence-corrected chi connectivity index (χ3v) is 2.90. The number of benzene rings is 1. The molecular weight excluding hydrogens is 247 g/mol. The molecule has 1 atom stereocenters. The summed E-state index contributed by atoms with van der Waals surface area (Å²) in [7, 11) is 1.68. The fraction of sp³-hybridized carbons (Fsp3) is 0.364. The van der Waals surface area contributed by atoms with E-state index in [9.17, 15) is 4.79 Å². The Balaban J connectivity index is 2.83. The molecule has 0 aliphatic carbocycles. The van der Waals surface area contributed by atoms with Crippen LogP contribution in [-0.4, -0.2) is 19.0 Å². The first-order chi connectivity index (χ1) is 7.41. The molecule has 1 unspecified atom stereocenters. The van der Waals surface area contributed by atoms with Crippen molar-refractivity contribution >= 4 is 34.8 Å². The second-order valence-corrected chi connectivity index (χ2v) is 4.55. The minimum atomic E-state index is -0.155. The number of nitrogens with zero attached hydrogens (tertiary/aromatic N) is 1. The molecule has 2 N–H and O–H groups in total. The standard InChI is InChI=1S/C11H14Cl2N2O/c1-7(14)5-11(16)15(2)8-3-4-9(12)10(13)6-8/h3-4,6-7H,5,14H2,1-2H3. The Hall–Kier alpha value is -0.770. The summed E-state index contributed by atoms with van der Waals surface area (Å²) in [6.07, 6.45) is 0.302. The molecule has 88 valence electrons. The van der Waals surface area contributed by atoms with Crippen LogP contribution in [0.5, 0.6) is 0 Å². The number of carbonyl (C=O) groups is 1. The van der Waals surface area contributed by atoms with Crippen LogP contribution >= 0.6 is 23.2 Å². The van der Waals surface area contributed by atoms with Gasteiger partial charge >= 0.3 is 0 Å². The molecule has 1 aromatic carbocycles. The van der Waals surface area contributed by atoms with Gasteiger partial charge in [-0.3, -0.25) is 4.79 Å². The van der Waals surface area contributed by atoms with Crippen LogP contribution in [0.1, 0.15) is 13.3 Å². The Morgan fingerprint density at radius 3 is 2.56 bits per heavy atom. The Morgan fingerprint density at radius 2 is 2.06 bits per heavy atom. The van der Waals surface area contributed by atoms with Crippen LogP contribution in [0.15, 0.2) is 18.2 Å². The van der Waals surface area contributed by atoms with Crippen LogP contribution in [0.2, 0.25) is 10.0 Å². The van der Waals surface area contributed by atoms with E-state index in [1.807, 2.05) is 0 Å². The minimum absolute atomic E-state index is 0.0478. The molecule has 0 aromatic heterocycles. The van der Waals surface area contributed by atoms with Crippen molar-refractivity contribution in [3.8, 4) is 0 Å². The fourth-order valence-electron chi connectivity index (χ4n) is 1.25. The van der Waals surface area contributed by atoms with Crippen molar-refractivity contribution in [2.45, 2.75) is 19.4 Å². The highest BCUT2D eigenvalue weighted by Crippen LogP contribution is 2.26. The van der Waals surface area contributed by atoms with Crippen LogP contribution in [0.25, 0.3) is 0 Å². The predicted molar refractivity (Wildman–Crippen MR) is 68.1 cm³/mol. The second-order valence-electron chi connectivity index (χ2n) is 3.73. The van der Waals surface area contributed by atoms with E-state index in [2.05, 4.69) is 0 Å². The van der Waals surface area contributed by atoms with Crippen LogP contribution in [-0.2, 0) is 4.79 Å². The molecule has 0 bridgehead atoms. The van der Waals surface area contributed by atoms with Crippen molar-refractivity contribution in [3.63, 3.8) is 0 Å². The zero-order valence-corrected chi connectivity index (χ0v) is 10.7. The summed E-state index contributed by atoms with van der Waals surface area (Å²) in [6, 6.07) is 4.91. The number of nitrogens with two attached hydrogens (primary N) is 1. The molecule has 16 heavy (non-hydrogen) atoms. The van der Waals surface area contributed by atoms with Gasteiger partial charge in [0.25, 0.3) is 0 Å². The summed E-state index contributed by atoms with van der Waals surface area (Å²) in [4.78, 5) is 13.2. The normalized spacial score (nSPS) is 12.3. The van der Waals surface area contributed by atoms with Crippen LogP contribution < -0.4 is 10.6 Å². The SMILES string of the molecule is CC(N)CC(=O)N(C)c1ccc(Cl)c(Cl)c1. The first-order valence-corrected chi connectivity index (χ1v) is 5.64. The topological polar surface area (TPSA) is 46.3 Å². The first-order valence-electron chi connectivity index (χ1n) is 4.89. The van der Waals surface area contributed by atoms with Gasteiger partial charge in [-0.2, -0.15) is 0 Å². The highest BCUT2D eigenvalue weighted by atomic mass is 35.5. The van der Waals surface area contributed by atoms with Crippen molar-refractivity contribution in [1.82, 2.24) is 0 Å². The van der Waals surface area contributed by atoms with E-state index >= 15 is 0 Å². The van der Waals surface area contributed by atoms with Crippen molar-refractivity contribution < 1.29 is 4.79 Å². The van der Waals surface area contributed by atoms with Gasteiger partial charge in [0.15, 0.2) is 0 Å². The molecule has 5 heteroatoms. The fourth-order valence-corrected chi connectivity index (χ4v) is 1.54. The van der Waals surface area contributed by atoms with Crippen LogP contribution in [0.3, 0.4) is 0 Å². The molecule has 0 heterocycles. The number of halogens is 2. The number of amides is 1. The molecular formula is C11H14Cl2N2O. The van der Waals surface area contributed by atoms with Gasteiger partial charge in [-0.15, -0.1) is 0 Å². The number of hydrogen-bond acceptors (Lipinski definition) is 2. The number of hydrogen-bond donors (Lipinski definition) is 1. The third kappa shape index (κ3) is 3.37. The van der Waals surface area contributed by atoms with Crippen LogP contribution in [0.4, 0.5) is 5.69 Å². The Morgan fingerprint density at radius 1 is 1.44 bits per heavy atom. The predicted octanol–water partition coefficient (Wildman–Crippen LogP) is 2.69. The average Bonchev–Trinajstić information content (AvgIpc) is 2.20. The monoisotopic (exact) mass is 260 g/mol. The summed E-state index contributed by atoms with van der Waals surface area (Å²) >= 11 is 11.7. The maximum absolute atomic E-state index is 11.7. The highest BCUT2D eigenvalue weighted by Gasteiger charge is 2.13. The summed E-state index contributed by atoms with van der Waals surface area (Å²) in [5.74, 6) is -0.0478. The van der Waals surface area contributed by atoms with Crippen molar-refractivity contribution in [2.24, 2.45) is 5.73 Å². The smallest absolute Gasteiger partial charge is 0.228 e. The lowest BCUT2D eigenvalue weighted by atomic mass is 10.2. The zero-order valence-electron chi connectivity index (χ0n) is 9.21. The number of carbonyl (C=O) groups excluding carboxylic acids is 1. The third-order valence-electron chi connectivity index (χ3n) is 2.16. The van der Waals surface area contributed by atoms with Crippen LogP contribution in [0, 0.1) is 0 Å². The maximum Gasteiger partial charge on any atom is 0.228 e. The molecule has 1 rings (SSSR count). The molecule has 0 radical (unpaired) electrons. The highest BCUT2D eigenvalue weighted by molar-refractivity contribution is 6.42. The van der Waals surface area contributed by atoms with E-state index in [4.69, 9.17) is 28.9 Å². The Bertz CT molecular complexity index is 394. The van der Waals surface area contributed by atoms with E-state index in [1.165, 1.54) is 4.90 Å². The van der Waals surface area contributed by atoms with Gasteiger partial charge < -0.3 is 10.6 Å². The van der Waals surface area contributed by atoms with Gasteiger partial charge in [0.05, 0.1) is 10.0 Å². The molecule has 0 aliphatic rings. The lowest BCUT2D eigenvalue weighted by Crippen LogP contribution is -2.31. The lowest BCUT2D eigenvalue weighted by Gasteiger charge is -2.18. The number of anilines is 1. The van der Waals surface area contributed by atoms with Crippen molar-refractivity contribution in [1.29, 1.82) is 0 Å². The van der Waals surface area contributed by atoms with E-state index in [0.717, 1.165) is 0 Å². The van der Waals surface area contributed by atoms with E-state index in [1.54, 1.807) is 32.2 Å². The quantitative estimate of drug-likeness (QED) is 0.909. The van der Waals surface area contributed by atoms with Gasteiger partial charge in [0.2, 0.25) is 5.91 Å². The molecule has 1 amide bonds. The van der Waals surface area contributed by atoms with E-state index in [-0.39, 0.29) is 11.9 Å². The molecule has 0 saturated carbocycles. The summed E-state index contributed by atoms with van der Waals surface area (Å²) in [5.41, 5.74) is 6.28. The first kappa shape index (κ1) is 13.3. The van der Waals surface area contributed by atoms with Gasteiger partial charge in [-0.05, 0) is 25.1 Å².